The monoisotopic (exact) mass is 441 g/mol. The molecule has 31 heavy (non-hydrogen) atoms. The molecule has 0 radical (unpaired) electrons. The maximum Gasteiger partial charge on any atom is 0.271 e. The number of anilines is 2. The third-order valence-electron chi connectivity index (χ3n) is 5.02. The molecule has 0 fully saturated rings. The summed E-state index contributed by atoms with van der Waals surface area (Å²) in [6.07, 6.45) is 1.16. The van der Waals surface area contributed by atoms with Gasteiger partial charge in [-0.2, -0.15) is 0 Å². The number of carbonyl (C=O) groups is 1. The average molecular weight is 442 g/mol. The Bertz CT molecular complexity index is 1250. The van der Waals surface area contributed by atoms with Crippen molar-refractivity contribution in [2.75, 3.05) is 15.9 Å². The highest BCUT2D eigenvalue weighted by Gasteiger charge is 2.33. The lowest BCUT2D eigenvalue weighted by atomic mass is 10.1. The average Bonchev–Trinajstić information content (AvgIpc) is 2.71. The van der Waals surface area contributed by atoms with Crippen molar-refractivity contribution in [3.8, 4) is 0 Å². The topological polar surface area (TPSA) is 110 Å². The Hall–Kier alpha value is -3.46. The van der Waals surface area contributed by atoms with Gasteiger partial charge in [-0.1, -0.05) is 49.4 Å². The van der Waals surface area contributed by atoms with E-state index in [1.165, 1.54) is 18.2 Å². The number of carbonyl (C=O) groups excluding carboxylic acids is 1. The van der Waals surface area contributed by atoms with Gasteiger partial charge in [-0.25, -0.2) is 8.42 Å². The number of sulfonamides is 1. The SMILES string of the molecule is CC[C@H](C(=O)Nc1cccc2ccccc12)N(c1cc([N+](=O)[O-])ccc1C)S(C)(=O)=O. The molecule has 162 valence electrons. The normalized spacial score (nSPS) is 12.4. The number of nitrogens with zero attached hydrogens (tertiary/aromatic N) is 2. The van der Waals surface area contributed by atoms with Gasteiger partial charge in [0, 0.05) is 23.2 Å². The van der Waals surface area contributed by atoms with Crippen LogP contribution >= 0.6 is 0 Å². The van der Waals surface area contributed by atoms with Crippen LogP contribution in [0.1, 0.15) is 18.9 Å². The molecule has 0 bridgehead atoms. The van der Waals surface area contributed by atoms with Gasteiger partial charge in [-0.15, -0.1) is 0 Å². The van der Waals surface area contributed by atoms with Gasteiger partial charge in [0.1, 0.15) is 6.04 Å². The largest absolute Gasteiger partial charge is 0.324 e. The molecule has 0 saturated carbocycles. The van der Waals surface area contributed by atoms with E-state index in [4.69, 9.17) is 0 Å². The molecule has 0 heterocycles. The third kappa shape index (κ3) is 4.66. The molecule has 1 amide bonds. The van der Waals surface area contributed by atoms with Crippen LogP contribution in [-0.4, -0.2) is 31.5 Å². The maximum absolute atomic E-state index is 13.2. The number of rotatable bonds is 7. The smallest absolute Gasteiger partial charge is 0.271 e. The Kier molecular flexibility index (Phi) is 6.26. The number of hydrogen-bond acceptors (Lipinski definition) is 5. The van der Waals surface area contributed by atoms with Gasteiger partial charge in [-0.05, 0) is 30.4 Å². The number of non-ortho nitro benzene ring substituents is 1. The second-order valence-electron chi connectivity index (χ2n) is 7.23. The molecule has 0 aliphatic heterocycles. The Morgan fingerprint density at radius 3 is 2.45 bits per heavy atom. The fourth-order valence-electron chi connectivity index (χ4n) is 3.53. The molecule has 0 aliphatic rings. The van der Waals surface area contributed by atoms with Crippen LogP contribution in [0.25, 0.3) is 10.8 Å². The van der Waals surface area contributed by atoms with Crippen LogP contribution in [0.5, 0.6) is 0 Å². The number of amides is 1. The third-order valence-corrected chi connectivity index (χ3v) is 6.18. The van der Waals surface area contributed by atoms with E-state index in [2.05, 4.69) is 5.32 Å². The molecule has 1 atom stereocenters. The Labute approximate surface area is 180 Å². The summed E-state index contributed by atoms with van der Waals surface area (Å²) in [5.74, 6) is -0.518. The summed E-state index contributed by atoms with van der Waals surface area (Å²) in [7, 11) is -3.92. The van der Waals surface area contributed by atoms with Crippen LogP contribution in [-0.2, 0) is 14.8 Å². The second kappa shape index (κ2) is 8.73. The molecular formula is C22H23N3O5S. The molecular weight excluding hydrogens is 418 g/mol. The van der Waals surface area contributed by atoms with Gasteiger partial charge >= 0.3 is 0 Å². The van der Waals surface area contributed by atoms with Crippen LogP contribution in [0.2, 0.25) is 0 Å². The van der Waals surface area contributed by atoms with Crippen LogP contribution in [0.3, 0.4) is 0 Å². The van der Waals surface area contributed by atoms with Gasteiger partial charge in [0.2, 0.25) is 15.9 Å². The molecule has 3 aromatic rings. The molecule has 9 heteroatoms. The van der Waals surface area contributed by atoms with E-state index >= 15 is 0 Å². The predicted molar refractivity (Wildman–Crippen MR) is 122 cm³/mol. The van der Waals surface area contributed by atoms with Crippen LogP contribution in [0, 0.1) is 17.0 Å². The first-order chi connectivity index (χ1) is 14.6. The van der Waals surface area contributed by atoms with E-state index < -0.39 is 26.9 Å². The highest BCUT2D eigenvalue weighted by Crippen LogP contribution is 2.31. The number of nitrogens with one attached hydrogen (secondary N) is 1. The quantitative estimate of drug-likeness (QED) is 0.436. The van der Waals surface area contributed by atoms with Crippen LogP contribution in [0.4, 0.5) is 17.1 Å². The summed E-state index contributed by atoms with van der Waals surface area (Å²) in [5, 5.41) is 15.8. The van der Waals surface area contributed by atoms with Crippen molar-refractivity contribution in [2.45, 2.75) is 26.3 Å². The summed E-state index contributed by atoms with van der Waals surface area (Å²) < 4.78 is 26.4. The van der Waals surface area contributed by atoms with E-state index in [1.54, 1.807) is 26.0 Å². The van der Waals surface area contributed by atoms with E-state index in [0.29, 0.717) is 11.3 Å². The van der Waals surface area contributed by atoms with E-state index in [9.17, 15) is 23.3 Å². The molecule has 8 nitrogen and oxygen atoms in total. The van der Waals surface area contributed by atoms with Crippen molar-refractivity contribution in [1.29, 1.82) is 0 Å². The number of nitro benzene ring substituents is 1. The zero-order valence-corrected chi connectivity index (χ0v) is 18.2. The maximum atomic E-state index is 13.2. The van der Waals surface area contributed by atoms with E-state index in [0.717, 1.165) is 21.3 Å². The van der Waals surface area contributed by atoms with Crippen molar-refractivity contribution in [2.24, 2.45) is 0 Å². The van der Waals surface area contributed by atoms with Crippen molar-refractivity contribution in [3.05, 3.63) is 76.3 Å². The minimum atomic E-state index is -3.92. The molecule has 0 unspecified atom stereocenters. The second-order valence-corrected chi connectivity index (χ2v) is 9.09. The fourth-order valence-corrected chi connectivity index (χ4v) is 4.80. The van der Waals surface area contributed by atoms with Gasteiger partial charge in [0.25, 0.3) is 5.69 Å². The van der Waals surface area contributed by atoms with Crippen LogP contribution in [0.15, 0.2) is 60.7 Å². The van der Waals surface area contributed by atoms with E-state index in [1.807, 2.05) is 30.3 Å². The first kappa shape index (κ1) is 22.2. The summed E-state index contributed by atoms with van der Waals surface area (Å²) in [4.78, 5) is 23.9. The number of nitro groups is 1. The van der Waals surface area contributed by atoms with Gasteiger partial charge < -0.3 is 5.32 Å². The molecule has 1 N–H and O–H groups in total. The molecule has 3 aromatic carbocycles. The fraction of sp³-hybridized carbons (Fsp3) is 0.227. The summed E-state index contributed by atoms with van der Waals surface area (Å²) >= 11 is 0. The Morgan fingerprint density at radius 2 is 1.81 bits per heavy atom. The minimum absolute atomic E-state index is 0.108. The number of aryl methyl sites for hydroxylation is 1. The number of hydrogen-bond donors (Lipinski definition) is 1. The highest BCUT2D eigenvalue weighted by atomic mass is 32.2. The summed E-state index contributed by atoms with van der Waals surface area (Å²) in [6, 6.07) is 15.9. The lowest BCUT2D eigenvalue weighted by Crippen LogP contribution is -2.47. The highest BCUT2D eigenvalue weighted by molar-refractivity contribution is 7.92. The van der Waals surface area contributed by atoms with Crippen molar-refractivity contribution >= 4 is 43.8 Å². The molecule has 0 saturated heterocycles. The Balaban J connectivity index is 2.05. The molecule has 0 aromatic heterocycles. The molecule has 3 rings (SSSR count). The summed E-state index contributed by atoms with van der Waals surface area (Å²) in [5.41, 5.74) is 0.924. The van der Waals surface area contributed by atoms with Crippen molar-refractivity contribution in [3.63, 3.8) is 0 Å². The summed E-state index contributed by atoms with van der Waals surface area (Å²) in [6.45, 7) is 3.34. The zero-order valence-electron chi connectivity index (χ0n) is 17.4. The zero-order chi connectivity index (χ0) is 22.8. The first-order valence-electron chi connectivity index (χ1n) is 9.66. The predicted octanol–water partition coefficient (Wildman–Crippen LogP) is 4.24. The van der Waals surface area contributed by atoms with Crippen LogP contribution < -0.4 is 9.62 Å². The first-order valence-corrected chi connectivity index (χ1v) is 11.5. The van der Waals surface area contributed by atoms with Gasteiger partial charge in [-0.3, -0.25) is 19.2 Å². The number of fused-ring (bicyclic) bond motifs is 1. The van der Waals surface area contributed by atoms with Gasteiger partial charge in [0.15, 0.2) is 0 Å². The Morgan fingerprint density at radius 1 is 1.13 bits per heavy atom. The minimum Gasteiger partial charge on any atom is -0.324 e. The number of benzene rings is 3. The standard InChI is InChI=1S/C22H23N3O5S/c1-4-20(22(26)23-19-11-7-9-16-8-5-6-10-18(16)19)24(31(3,29)30)21-14-17(25(27)28)13-12-15(21)2/h5-14,20H,4H2,1-3H3,(H,23,26)/t20-/m1/s1. The van der Waals surface area contributed by atoms with E-state index in [-0.39, 0.29) is 17.8 Å². The molecule has 0 aliphatic carbocycles. The lowest BCUT2D eigenvalue weighted by Gasteiger charge is -2.31. The lowest BCUT2D eigenvalue weighted by molar-refractivity contribution is -0.384. The van der Waals surface area contributed by atoms with Crippen molar-refractivity contribution in [1.82, 2.24) is 0 Å². The van der Waals surface area contributed by atoms with Crippen molar-refractivity contribution < 1.29 is 18.1 Å². The molecule has 0 spiro atoms. The van der Waals surface area contributed by atoms with Gasteiger partial charge in [0.05, 0.1) is 16.9 Å².